The molecule has 1 atom stereocenters. The summed E-state index contributed by atoms with van der Waals surface area (Å²) in [5, 5.41) is 3.21. The van der Waals surface area contributed by atoms with Gasteiger partial charge in [0, 0.05) is 18.8 Å². The molecule has 0 bridgehead atoms. The van der Waals surface area contributed by atoms with E-state index < -0.39 is 5.54 Å². The number of anilines is 1. The maximum atomic E-state index is 11.6. The van der Waals surface area contributed by atoms with Crippen molar-refractivity contribution in [2.75, 3.05) is 24.5 Å². The van der Waals surface area contributed by atoms with Crippen molar-refractivity contribution in [1.82, 2.24) is 5.32 Å². The predicted molar refractivity (Wildman–Crippen MR) is 82.9 cm³/mol. The number of carbonyl (C=O) groups is 1. The Balaban J connectivity index is 1.89. The minimum atomic E-state index is -0.589. The number of nitrogens with zero attached hydrogens (tertiary/aromatic N) is 1. The summed E-state index contributed by atoms with van der Waals surface area (Å²) in [6, 6.07) is 8.56. The first kappa shape index (κ1) is 14.9. The molecular weight excluding hydrogens is 250 g/mol. The van der Waals surface area contributed by atoms with Crippen LogP contribution in [0.5, 0.6) is 0 Å². The van der Waals surface area contributed by atoms with E-state index in [9.17, 15) is 4.79 Å². The van der Waals surface area contributed by atoms with Crippen LogP contribution in [0.2, 0.25) is 0 Å². The van der Waals surface area contributed by atoms with E-state index in [2.05, 4.69) is 34.5 Å². The van der Waals surface area contributed by atoms with Gasteiger partial charge in [0.25, 0.3) is 0 Å². The summed E-state index contributed by atoms with van der Waals surface area (Å²) in [5.74, 6) is -0.263. The standard InChI is InChI=1S/C16H25N3O/c1-3-18-16(2,15(17)20)10-6-11-19-12-9-13-7-4-5-8-14(13)19/h4-5,7-8,18H,3,6,9-12H2,1-2H3,(H2,17,20). The molecule has 4 heteroatoms. The molecule has 0 radical (unpaired) electrons. The minimum Gasteiger partial charge on any atom is -0.371 e. The summed E-state index contributed by atoms with van der Waals surface area (Å²) in [6.45, 7) is 6.71. The van der Waals surface area contributed by atoms with Gasteiger partial charge in [0.1, 0.15) is 0 Å². The van der Waals surface area contributed by atoms with Crippen molar-refractivity contribution < 1.29 is 4.79 Å². The van der Waals surface area contributed by atoms with Gasteiger partial charge in [0.15, 0.2) is 0 Å². The van der Waals surface area contributed by atoms with Crippen molar-refractivity contribution in [3.63, 3.8) is 0 Å². The number of hydrogen-bond acceptors (Lipinski definition) is 3. The molecule has 0 fully saturated rings. The van der Waals surface area contributed by atoms with Crippen LogP contribution in [-0.4, -0.2) is 31.1 Å². The van der Waals surface area contributed by atoms with Gasteiger partial charge in [-0.15, -0.1) is 0 Å². The third kappa shape index (κ3) is 3.12. The zero-order valence-corrected chi connectivity index (χ0v) is 12.5. The number of nitrogens with one attached hydrogen (secondary N) is 1. The van der Waals surface area contributed by atoms with Crippen molar-refractivity contribution >= 4 is 11.6 Å². The highest BCUT2D eigenvalue weighted by molar-refractivity contribution is 5.84. The molecule has 1 amide bonds. The number of rotatable bonds is 7. The van der Waals surface area contributed by atoms with E-state index in [-0.39, 0.29) is 5.91 Å². The van der Waals surface area contributed by atoms with Crippen LogP contribution in [0, 0.1) is 0 Å². The lowest BCUT2D eigenvalue weighted by molar-refractivity contribution is -0.124. The number of benzene rings is 1. The molecule has 20 heavy (non-hydrogen) atoms. The van der Waals surface area contributed by atoms with Crippen LogP contribution in [0.3, 0.4) is 0 Å². The van der Waals surface area contributed by atoms with Crippen molar-refractivity contribution in [3.8, 4) is 0 Å². The molecule has 0 spiro atoms. The van der Waals surface area contributed by atoms with Crippen LogP contribution in [0.25, 0.3) is 0 Å². The molecule has 2 rings (SSSR count). The number of fused-ring (bicyclic) bond motifs is 1. The quantitative estimate of drug-likeness (QED) is 0.796. The largest absolute Gasteiger partial charge is 0.371 e. The molecule has 1 aliphatic heterocycles. The third-order valence-corrected chi connectivity index (χ3v) is 4.20. The number of carbonyl (C=O) groups excluding carboxylic acids is 1. The molecule has 4 nitrogen and oxygen atoms in total. The Morgan fingerprint density at radius 2 is 2.20 bits per heavy atom. The van der Waals surface area contributed by atoms with E-state index in [4.69, 9.17) is 5.73 Å². The highest BCUT2D eigenvalue weighted by Crippen LogP contribution is 2.27. The lowest BCUT2D eigenvalue weighted by Crippen LogP contribution is -2.53. The van der Waals surface area contributed by atoms with Crippen molar-refractivity contribution in [2.45, 2.75) is 38.6 Å². The Kier molecular flexibility index (Phi) is 4.65. The first-order valence-electron chi connectivity index (χ1n) is 7.44. The van der Waals surface area contributed by atoms with Gasteiger partial charge in [-0.25, -0.2) is 0 Å². The number of primary amides is 1. The Bertz CT molecular complexity index is 475. The predicted octanol–water partition coefficient (Wildman–Crippen LogP) is 1.68. The first-order valence-corrected chi connectivity index (χ1v) is 7.44. The van der Waals surface area contributed by atoms with Crippen LogP contribution < -0.4 is 16.0 Å². The normalized spacial score (nSPS) is 16.8. The fourth-order valence-electron chi connectivity index (χ4n) is 2.95. The molecule has 1 unspecified atom stereocenters. The second kappa shape index (κ2) is 6.27. The number of para-hydroxylation sites is 1. The summed E-state index contributed by atoms with van der Waals surface area (Å²) < 4.78 is 0. The van der Waals surface area contributed by atoms with E-state index >= 15 is 0 Å². The summed E-state index contributed by atoms with van der Waals surface area (Å²) in [4.78, 5) is 14.0. The summed E-state index contributed by atoms with van der Waals surface area (Å²) in [6.07, 6.45) is 2.85. The van der Waals surface area contributed by atoms with E-state index in [1.807, 2.05) is 13.8 Å². The van der Waals surface area contributed by atoms with Gasteiger partial charge in [-0.2, -0.15) is 0 Å². The van der Waals surface area contributed by atoms with Crippen LogP contribution in [0.15, 0.2) is 24.3 Å². The molecule has 110 valence electrons. The molecule has 3 N–H and O–H groups in total. The Hall–Kier alpha value is -1.55. The number of amides is 1. The topological polar surface area (TPSA) is 58.4 Å². The van der Waals surface area contributed by atoms with Crippen molar-refractivity contribution in [3.05, 3.63) is 29.8 Å². The molecule has 1 aliphatic rings. The van der Waals surface area contributed by atoms with Gasteiger partial charge in [-0.3, -0.25) is 4.79 Å². The highest BCUT2D eigenvalue weighted by atomic mass is 16.1. The van der Waals surface area contributed by atoms with Crippen LogP contribution in [0.1, 0.15) is 32.3 Å². The number of nitrogens with two attached hydrogens (primary N) is 1. The van der Waals surface area contributed by atoms with E-state index in [1.165, 1.54) is 11.3 Å². The van der Waals surface area contributed by atoms with Gasteiger partial charge in [-0.1, -0.05) is 25.1 Å². The smallest absolute Gasteiger partial charge is 0.237 e. The Morgan fingerprint density at radius 1 is 1.45 bits per heavy atom. The number of likely N-dealkylation sites (N-methyl/N-ethyl adjacent to an activating group) is 1. The molecule has 1 aromatic carbocycles. The van der Waals surface area contributed by atoms with Crippen molar-refractivity contribution in [1.29, 1.82) is 0 Å². The minimum absolute atomic E-state index is 0.263. The third-order valence-electron chi connectivity index (χ3n) is 4.20. The Labute approximate surface area is 121 Å². The molecule has 0 aromatic heterocycles. The van der Waals surface area contributed by atoms with E-state index in [0.29, 0.717) is 0 Å². The average Bonchev–Trinajstić information content (AvgIpc) is 2.82. The van der Waals surface area contributed by atoms with Crippen LogP contribution in [0.4, 0.5) is 5.69 Å². The van der Waals surface area contributed by atoms with Crippen LogP contribution >= 0.6 is 0 Å². The molecule has 1 heterocycles. The average molecular weight is 275 g/mol. The summed E-state index contributed by atoms with van der Waals surface area (Å²) >= 11 is 0. The fraction of sp³-hybridized carbons (Fsp3) is 0.562. The summed E-state index contributed by atoms with van der Waals surface area (Å²) in [5.41, 5.74) is 7.70. The van der Waals surface area contributed by atoms with Gasteiger partial charge < -0.3 is 16.0 Å². The first-order chi connectivity index (χ1) is 9.57. The highest BCUT2D eigenvalue weighted by Gasteiger charge is 2.29. The van der Waals surface area contributed by atoms with Gasteiger partial charge in [0.2, 0.25) is 5.91 Å². The Morgan fingerprint density at radius 3 is 2.90 bits per heavy atom. The van der Waals surface area contributed by atoms with Crippen molar-refractivity contribution in [2.24, 2.45) is 5.73 Å². The second-order valence-corrected chi connectivity index (χ2v) is 5.70. The zero-order chi connectivity index (χ0) is 14.6. The van der Waals surface area contributed by atoms with E-state index in [0.717, 1.165) is 38.9 Å². The van der Waals surface area contributed by atoms with Crippen LogP contribution in [-0.2, 0) is 11.2 Å². The summed E-state index contributed by atoms with van der Waals surface area (Å²) in [7, 11) is 0. The maximum Gasteiger partial charge on any atom is 0.237 e. The molecule has 0 saturated heterocycles. The SMILES string of the molecule is CCNC(C)(CCCN1CCc2ccccc21)C(N)=O. The lowest BCUT2D eigenvalue weighted by atomic mass is 9.94. The van der Waals surface area contributed by atoms with Gasteiger partial charge >= 0.3 is 0 Å². The molecule has 0 saturated carbocycles. The second-order valence-electron chi connectivity index (χ2n) is 5.70. The monoisotopic (exact) mass is 275 g/mol. The van der Waals surface area contributed by atoms with E-state index in [1.54, 1.807) is 0 Å². The molecule has 1 aromatic rings. The maximum absolute atomic E-state index is 11.6. The lowest BCUT2D eigenvalue weighted by Gasteiger charge is -2.28. The molecule has 0 aliphatic carbocycles. The number of hydrogen-bond donors (Lipinski definition) is 2. The fourth-order valence-corrected chi connectivity index (χ4v) is 2.95. The molecular formula is C16H25N3O. The zero-order valence-electron chi connectivity index (χ0n) is 12.5. The van der Waals surface area contributed by atoms with Gasteiger partial charge in [-0.05, 0) is 44.4 Å². The van der Waals surface area contributed by atoms with Gasteiger partial charge in [0.05, 0.1) is 5.54 Å².